The lowest BCUT2D eigenvalue weighted by atomic mass is 10.0. The molecule has 0 saturated heterocycles. The molecule has 0 atom stereocenters. The molecule has 0 radical (unpaired) electrons. The summed E-state index contributed by atoms with van der Waals surface area (Å²) in [5.41, 5.74) is 8.74. The Labute approximate surface area is 356 Å². The molecule has 0 spiro atoms. The highest BCUT2D eigenvalue weighted by Crippen LogP contribution is 2.39. The number of carbonyl (C=O) groups excluding carboxylic acids is 2. The number of benzene rings is 4. The first kappa shape index (κ1) is 40.1. The first-order chi connectivity index (χ1) is 27.6. The van der Waals surface area contributed by atoms with Gasteiger partial charge in [0.25, 0.3) is 0 Å². The molecular formula is C44H31BrCl4N4O4. The van der Waals surface area contributed by atoms with E-state index in [1.54, 1.807) is 62.5 Å². The van der Waals surface area contributed by atoms with Crippen LogP contribution < -0.4 is 0 Å². The Morgan fingerprint density at radius 1 is 0.632 bits per heavy atom. The topological polar surface area (TPSA) is 87.2 Å². The number of fused-ring (bicyclic) bond motifs is 2. The summed E-state index contributed by atoms with van der Waals surface area (Å²) in [6.07, 6.45) is 3.61. The van der Waals surface area contributed by atoms with Gasteiger partial charge in [-0.1, -0.05) is 98.7 Å². The van der Waals surface area contributed by atoms with Crippen molar-refractivity contribution < 1.29 is 19.1 Å². The fourth-order valence-corrected chi connectivity index (χ4v) is 7.27. The average Bonchev–Trinajstić information content (AvgIpc) is 3.78. The number of nitrogens with zero attached hydrogens (tertiary/aromatic N) is 4. The number of rotatable bonds is 8. The van der Waals surface area contributed by atoms with Gasteiger partial charge in [0, 0.05) is 54.2 Å². The molecule has 0 amide bonds. The Balaban J connectivity index is 0.000000174. The van der Waals surface area contributed by atoms with Crippen molar-refractivity contribution in [3.05, 3.63) is 163 Å². The minimum Gasteiger partial charge on any atom is -0.462 e. The zero-order valence-electron chi connectivity index (χ0n) is 30.4. The van der Waals surface area contributed by atoms with Gasteiger partial charge in [-0.15, -0.1) is 0 Å². The van der Waals surface area contributed by atoms with E-state index in [1.165, 1.54) is 0 Å². The van der Waals surface area contributed by atoms with Gasteiger partial charge in [0.05, 0.1) is 46.6 Å². The van der Waals surface area contributed by atoms with Crippen molar-refractivity contribution in [1.29, 1.82) is 0 Å². The predicted molar refractivity (Wildman–Crippen MR) is 232 cm³/mol. The van der Waals surface area contributed by atoms with Gasteiger partial charge < -0.3 is 9.47 Å². The number of pyridine rings is 2. The quantitative estimate of drug-likeness (QED) is 0.141. The predicted octanol–water partition coefficient (Wildman–Crippen LogP) is 13.1. The van der Waals surface area contributed by atoms with Crippen molar-refractivity contribution in [3.63, 3.8) is 0 Å². The largest absolute Gasteiger partial charge is 0.462 e. The molecule has 8 aromatic rings. The second-order valence-electron chi connectivity index (χ2n) is 12.5. The van der Waals surface area contributed by atoms with Gasteiger partial charge in [-0.25, -0.2) is 19.6 Å². The van der Waals surface area contributed by atoms with Crippen LogP contribution in [0, 0.1) is 0 Å². The summed E-state index contributed by atoms with van der Waals surface area (Å²) in [4.78, 5) is 34.3. The van der Waals surface area contributed by atoms with Crippen molar-refractivity contribution in [2.45, 2.75) is 13.8 Å². The van der Waals surface area contributed by atoms with E-state index >= 15 is 0 Å². The van der Waals surface area contributed by atoms with Crippen LogP contribution in [-0.4, -0.2) is 43.9 Å². The van der Waals surface area contributed by atoms with E-state index in [2.05, 4.69) is 15.9 Å². The number of carbonyl (C=O) groups is 2. The third-order valence-electron chi connectivity index (χ3n) is 8.81. The van der Waals surface area contributed by atoms with Crippen LogP contribution in [0.4, 0.5) is 0 Å². The first-order valence-electron chi connectivity index (χ1n) is 17.7. The Hall–Kier alpha value is -5.16. The van der Waals surface area contributed by atoms with Crippen molar-refractivity contribution in [3.8, 4) is 45.0 Å². The number of aromatic nitrogens is 4. The normalized spacial score (nSPS) is 11.0. The van der Waals surface area contributed by atoms with E-state index in [4.69, 9.17) is 65.8 Å². The first-order valence-corrected chi connectivity index (χ1v) is 20.0. The summed E-state index contributed by atoms with van der Waals surface area (Å²) in [6, 6.07) is 35.2. The van der Waals surface area contributed by atoms with E-state index in [1.807, 2.05) is 87.8 Å². The molecule has 13 heteroatoms. The van der Waals surface area contributed by atoms with Crippen LogP contribution in [0.25, 0.3) is 56.3 Å². The molecule has 0 N–H and O–H groups in total. The summed E-state index contributed by atoms with van der Waals surface area (Å²) < 4.78 is 15.1. The number of ether oxygens (including phenoxy) is 2. The Morgan fingerprint density at radius 3 is 1.84 bits per heavy atom. The lowest BCUT2D eigenvalue weighted by Crippen LogP contribution is -2.07. The number of hydrogen-bond donors (Lipinski definition) is 0. The number of imidazole rings is 2. The molecule has 57 heavy (non-hydrogen) atoms. The van der Waals surface area contributed by atoms with Crippen molar-refractivity contribution in [2.75, 3.05) is 13.2 Å². The van der Waals surface area contributed by atoms with Gasteiger partial charge in [0.1, 0.15) is 11.2 Å². The standard InChI is InChI=1S/C22H16BrClN2O2.C22H15Cl3N2O2/c1-2-28-22(27)18-4-3-13-26-20(15-7-11-17(24)12-8-15)19(25-21(18)26)14-5-9-16(23)10-6-14;1-2-29-22(28)14-5-10-19-26-20(13-3-6-15(23)7-4-13)21(27(19)12-14)17-9-8-16(24)11-18(17)25/h3-13H,2H2,1H3;3-12H,2H2,1H3. The maximum absolute atomic E-state index is 12.4. The molecule has 4 heterocycles. The average molecular weight is 901 g/mol. The van der Waals surface area contributed by atoms with Crippen LogP contribution in [-0.2, 0) is 9.47 Å². The second-order valence-corrected chi connectivity index (χ2v) is 15.1. The molecule has 4 aromatic carbocycles. The van der Waals surface area contributed by atoms with Crippen LogP contribution in [0.1, 0.15) is 34.6 Å². The van der Waals surface area contributed by atoms with Gasteiger partial charge >= 0.3 is 11.9 Å². The lowest BCUT2D eigenvalue weighted by molar-refractivity contribution is 0.0517. The van der Waals surface area contributed by atoms with Gasteiger partial charge in [0.2, 0.25) is 0 Å². The Kier molecular flexibility index (Phi) is 12.3. The Morgan fingerprint density at radius 2 is 1.21 bits per heavy atom. The highest BCUT2D eigenvalue weighted by molar-refractivity contribution is 9.10. The third kappa shape index (κ3) is 8.59. The van der Waals surface area contributed by atoms with Gasteiger partial charge in [-0.3, -0.25) is 8.80 Å². The van der Waals surface area contributed by atoms with Crippen LogP contribution in [0.5, 0.6) is 0 Å². The van der Waals surface area contributed by atoms with Gasteiger partial charge in [0.15, 0.2) is 5.65 Å². The molecule has 4 aromatic heterocycles. The molecule has 0 aliphatic heterocycles. The zero-order valence-corrected chi connectivity index (χ0v) is 35.0. The summed E-state index contributed by atoms with van der Waals surface area (Å²) in [6.45, 7) is 4.16. The molecule has 0 fully saturated rings. The molecule has 0 aliphatic rings. The Bertz CT molecular complexity index is 2750. The van der Waals surface area contributed by atoms with E-state index in [0.29, 0.717) is 61.4 Å². The van der Waals surface area contributed by atoms with Crippen LogP contribution in [0.3, 0.4) is 0 Å². The van der Waals surface area contributed by atoms with Crippen LogP contribution in [0.2, 0.25) is 20.1 Å². The van der Waals surface area contributed by atoms with E-state index in [-0.39, 0.29) is 5.97 Å². The second kappa shape index (κ2) is 17.5. The van der Waals surface area contributed by atoms with Crippen molar-refractivity contribution >= 4 is 85.6 Å². The highest BCUT2D eigenvalue weighted by Gasteiger charge is 2.22. The van der Waals surface area contributed by atoms with Crippen molar-refractivity contribution in [2.24, 2.45) is 0 Å². The molecule has 0 bridgehead atoms. The summed E-state index contributed by atoms with van der Waals surface area (Å²) in [7, 11) is 0. The molecule has 8 nitrogen and oxygen atoms in total. The zero-order chi connectivity index (χ0) is 40.2. The maximum atomic E-state index is 12.4. The SMILES string of the molecule is CCOC(=O)c1ccc2nc(-c3ccc(Cl)cc3)c(-c3ccc(Cl)cc3Cl)n2c1.CCOC(=O)c1cccn2c(-c3ccc(Cl)cc3)c(-c3ccc(Br)cc3)nc12. The molecule has 0 unspecified atom stereocenters. The fourth-order valence-electron chi connectivity index (χ4n) is 6.26. The van der Waals surface area contributed by atoms with E-state index in [0.717, 1.165) is 43.8 Å². The van der Waals surface area contributed by atoms with Crippen LogP contribution in [0.15, 0.2) is 132 Å². The molecule has 0 aliphatic carbocycles. The summed E-state index contributed by atoms with van der Waals surface area (Å²) >= 11 is 28.2. The highest BCUT2D eigenvalue weighted by atomic mass is 79.9. The lowest BCUT2D eigenvalue weighted by Gasteiger charge is -2.09. The minimum atomic E-state index is -0.399. The number of hydrogen-bond acceptors (Lipinski definition) is 6. The van der Waals surface area contributed by atoms with Crippen molar-refractivity contribution in [1.82, 2.24) is 18.8 Å². The molecule has 0 saturated carbocycles. The third-order valence-corrected chi connectivity index (χ3v) is 10.4. The van der Waals surface area contributed by atoms with E-state index in [9.17, 15) is 9.59 Å². The maximum Gasteiger partial charge on any atom is 0.341 e. The van der Waals surface area contributed by atoms with E-state index < -0.39 is 5.97 Å². The summed E-state index contributed by atoms with van der Waals surface area (Å²) in [5.74, 6) is -0.785. The summed E-state index contributed by atoms with van der Waals surface area (Å²) in [5, 5.41) is 2.31. The smallest absolute Gasteiger partial charge is 0.341 e. The minimum absolute atomic E-state index is 0.298. The van der Waals surface area contributed by atoms with Gasteiger partial charge in [-0.2, -0.15) is 0 Å². The van der Waals surface area contributed by atoms with Gasteiger partial charge in [-0.05, 0) is 92.7 Å². The number of halogens is 5. The molecular weight excluding hydrogens is 870 g/mol. The number of esters is 2. The molecule has 286 valence electrons. The monoisotopic (exact) mass is 898 g/mol. The van der Waals surface area contributed by atoms with Crippen LogP contribution >= 0.6 is 62.3 Å². The fraction of sp³-hybridized carbons (Fsp3) is 0.0909. The molecule has 8 rings (SSSR count).